The van der Waals surface area contributed by atoms with E-state index in [1.54, 1.807) is 12.0 Å². The van der Waals surface area contributed by atoms with Gasteiger partial charge in [0.25, 0.3) is 0 Å². The Bertz CT molecular complexity index is 969. The number of nitrogens with zero attached hydrogens (tertiary/aromatic N) is 4. The molecule has 0 bridgehead atoms. The van der Waals surface area contributed by atoms with Gasteiger partial charge in [-0.1, -0.05) is 42.8 Å². The average molecular weight is 397 g/mol. The fraction of sp³-hybridized carbons (Fsp3) is 0.286. The molecule has 0 unspecified atom stereocenters. The molecule has 0 radical (unpaired) electrons. The zero-order valence-corrected chi connectivity index (χ0v) is 16.5. The summed E-state index contributed by atoms with van der Waals surface area (Å²) in [6.07, 6.45) is 2.59. The first-order valence-electron chi connectivity index (χ1n) is 9.23. The van der Waals surface area contributed by atoms with Gasteiger partial charge >= 0.3 is 0 Å². The molecule has 6 nitrogen and oxygen atoms in total. The second-order valence-electron chi connectivity index (χ2n) is 6.71. The summed E-state index contributed by atoms with van der Waals surface area (Å²) in [4.78, 5) is 19.0. The van der Waals surface area contributed by atoms with Crippen molar-refractivity contribution < 1.29 is 9.53 Å². The van der Waals surface area contributed by atoms with Crippen LogP contribution in [-0.2, 0) is 4.79 Å². The Morgan fingerprint density at radius 2 is 1.75 bits per heavy atom. The van der Waals surface area contributed by atoms with Gasteiger partial charge < -0.3 is 4.74 Å². The highest BCUT2D eigenvalue weighted by Crippen LogP contribution is 2.42. The Labute approximate surface area is 168 Å². The van der Waals surface area contributed by atoms with Crippen LogP contribution in [0.25, 0.3) is 0 Å². The minimum absolute atomic E-state index is 0.0182. The van der Waals surface area contributed by atoms with E-state index in [2.05, 4.69) is 10.1 Å². The smallest absolute Gasteiger partial charge is 0.231 e. The first kappa shape index (κ1) is 18.5. The number of amides is 1. The van der Waals surface area contributed by atoms with Gasteiger partial charge in [0.15, 0.2) is 0 Å². The van der Waals surface area contributed by atoms with E-state index >= 15 is 0 Å². The van der Waals surface area contributed by atoms with Crippen LogP contribution in [0.3, 0.4) is 0 Å². The number of hydrogen-bond acceptors (Lipinski definition) is 4. The van der Waals surface area contributed by atoms with Crippen LogP contribution >= 0.6 is 11.6 Å². The lowest BCUT2D eigenvalue weighted by Gasteiger charge is -2.39. The van der Waals surface area contributed by atoms with Gasteiger partial charge in [0.05, 0.1) is 19.2 Å². The van der Waals surface area contributed by atoms with Crippen molar-refractivity contribution in [2.45, 2.75) is 31.8 Å². The molecule has 0 fully saturated rings. The van der Waals surface area contributed by atoms with Crippen LogP contribution in [0, 0.1) is 0 Å². The Morgan fingerprint density at radius 3 is 2.39 bits per heavy atom. The number of fused-ring (bicyclic) bond motifs is 1. The van der Waals surface area contributed by atoms with E-state index in [9.17, 15) is 4.79 Å². The number of carbonyl (C=O) groups is 1. The molecule has 0 saturated heterocycles. The maximum atomic E-state index is 12.8. The number of carbonyl (C=O) groups excluding carboxylic acids is 1. The zero-order valence-electron chi connectivity index (χ0n) is 15.7. The normalized spacial score (nSPS) is 18.6. The van der Waals surface area contributed by atoms with E-state index in [1.807, 2.05) is 60.1 Å². The molecule has 0 saturated carbocycles. The van der Waals surface area contributed by atoms with Crippen LogP contribution in [-0.4, -0.2) is 27.8 Å². The topological polar surface area (TPSA) is 60.2 Å². The predicted molar refractivity (Wildman–Crippen MR) is 108 cm³/mol. The van der Waals surface area contributed by atoms with Crippen LogP contribution in [0.15, 0.2) is 54.9 Å². The van der Waals surface area contributed by atoms with Gasteiger partial charge in [0.2, 0.25) is 11.9 Å². The molecule has 1 amide bonds. The number of anilines is 1. The van der Waals surface area contributed by atoms with Crippen LogP contribution in [0.1, 0.15) is 43.0 Å². The van der Waals surface area contributed by atoms with Gasteiger partial charge in [-0.15, -0.1) is 0 Å². The summed E-state index contributed by atoms with van der Waals surface area (Å²) in [5.41, 5.74) is 2.12. The molecule has 2 heterocycles. The van der Waals surface area contributed by atoms with E-state index < -0.39 is 0 Å². The molecule has 28 heavy (non-hydrogen) atoms. The second kappa shape index (κ2) is 7.64. The van der Waals surface area contributed by atoms with Gasteiger partial charge in [-0.3, -0.25) is 9.69 Å². The lowest BCUT2D eigenvalue weighted by Crippen LogP contribution is -2.42. The minimum atomic E-state index is -0.143. The fourth-order valence-electron chi connectivity index (χ4n) is 3.72. The molecule has 1 aliphatic rings. The van der Waals surface area contributed by atoms with Gasteiger partial charge in [-0.2, -0.15) is 10.1 Å². The maximum absolute atomic E-state index is 12.8. The van der Waals surface area contributed by atoms with Gasteiger partial charge in [-0.25, -0.2) is 4.68 Å². The monoisotopic (exact) mass is 396 g/mol. The van der Waals surface area contributed by atoms with Gasteiger partial charge in [0.1, 0.15) is 12.1 Å². The Morgan fingerprint density at radius 1 is 1.11 bits per heavy atom. The second-order valence-corrected chi connectivity index (χ2v) is 7.15. The number of aromatic nitrogens is 3. The summed E-state index contributed by atoms with van der Waals surface area (Å²) < 4.78 is 7.11. The molecule has 4 rings (SSSR count). The molecule has 3 aromatic rings. The summed E-state index contributed by atoms with van der Waals surface area (Å²) in [6.45, 7) is 1.86. The predicted octanol–water partition coefficient (Wildman–Crippen LogP) is 4.42. The maximum Gasteiger partial charge on any atom is 0.231 e. The van der Waals surface area contributed by atoms with Crippen molar-refractivity contribution in [2.75, 3.05) is 12.0 Å². The van der Waals surface area contributed by atoms with E-state index in [0.29, 0.717) is 23.8 Å². The average Bonchev–Trinajstić information content (AvgIpc) is 3.22. The fourth-order valence-corrected chi connectivity index (χ4v) is 3.85. The highest BCUT2D eigenvalue weighted by molar-refractivity contribution is 6.30. The van der Waals surface area contributed by atoms with Crippen molar-refractivity contribution in [1.82, 2.24) is 14.8 Å². The summed E-state index contributed by atoms with van der Waals surface area (Å²) >= 11 is 6.07. The van der Waals surface area contributed by atoms with E-state index in [4.69, 9.17) is 16.3 Å². The van der Waals surface area contributed by atoms with Crippen LogP contribution in [0.5, 0.6) is 5.75 Å². The van der Waals surface area contributed by atoms with Crippen LogP contribution in [0.2, 0.25) is 5.02 Å². The van der Waals surface area contributed by atoms with E-state index in [1.165, 1.54) is 6.33 Å². The molecule has 7 heteroatoms. The first-order valence-corrected chi connectivity index (χ1v) is 9.61. The standard InChI is InChI=1S/C21H21ClN4O2/c1-3-20(27)25-18(14-6-10-17(28-2)11-7-14)12-19(26-21(25)23-13-24-26)15-4-8-16(22)9-5-15/h4-11,13,18-19H,3,12H2,1-2H3/t18-,19+/m0/s1. The van der Waals surface area contributed by atoms with Crippen molar-refractivity contribution in [2.24, 2.45) is 0 Å². The third-order valence-corrected chi connectivity index (χ3v) is 5.40. The first-order chi connectivity index (χ1) is 13.6. The van der Waals surface area contributed by atoms with Crippen molar-refractivity contribution in [3.63, 3.8) is 0 Å². The Kier molecular flexibility index (Phi) is 5.05. The van der Waals surface area contributed by atoms with Crippen molar-refractivity contribution in [3.05, 3.63) is 71.0 Å². The zero-order chi connectivity index (χ0) is 19.7. The largest absolute Gasteiger partial charge is 0.497 e. The number of halogens is 1. The molecule has 1 aromatic heterocycles. The summed E-state index contributed by atoms with van der Waals surface area (Å²) in [5.74, 6) is 1.37. The minimum Gasteiger partial charge on any atom is -0.497 e. The summed E-state index contributed by atoms with van der Waals surface area (Å²) in [5, 5.41) is 5.11. The number of benzene rings is 2. The number of rotatable bonds is 4. The van der Waals surface area contributed by atoms with Crippen molar-refractivity contribution in [3.8, 4) is 5.75 Å². The van der Waals surface area contributed by atoms with Gasteiger partial charge in [0, 0.05) is 11.4 Å². The molecule has 2 atom stereocenters. The lowest BCUT2D eigenvalue weighted by atomic mass is 9.91. The van der Waals surface area contributed by atoms with E-state index in [0.717, 1.165) is 16.9 Å². The molecule has 0 aliphatic carbocycles. The number of hydrogen-bond donors (Lipinski definition) is 0. The van der Waals surface area contributed by atoms with Gasteiger partial charge in [-0.05, 0) is 41.8 Å². The third kappa shape index (κ3) is 3.24. The third-order valence-electron chi connectivity index (χ3n) is 5.15. The molecule has 1 aliphatic heterocycles. The van der Waals surface area contributed by atoms with Crippen molar-refractivity contribution >= 4 is 23.5 Å². The highest BCUT2D eigenvalue weighted by atomic mass is 35.5. The SMILES string of the molecule is CCC(=O)N1c2ncnn2[C@@H](c2ccc(Cl)cc2)C[C@H]1c1ccc(OC)cc1. The Balaban J connectivity index is 1.81. The molecule has 0 spiro atoms. The quantitative estimate of drug-likeness (QED) is 0.655. The highest BCUT2D eigenvalue weighted by Gasteiger charge is 2.38. The Hall–Kier alpha value is -2.86. The molecule has 144 valence electrons. The van der Waals surface area contributed by atoms with Crippen LogP contribution < -0.4 is 9.64 Å². The molecular formula is C21H21ClN4O2. The molecule has 0 N–H and O–H groups in total. The number of ether oxygens (including phenoxy) is 1. The number of methoxy groups -OCH3 is 1. The molecule has 2 aromatic carbocycles. The van der Waals surface area contributed by atoms with Crippen molar-refractivity contribution in [1.29, 1.82) is 0 Å². The lowest BCUT2D eigenvalue weighted by molar-refractivity contribution is -0.119. The van der Waals surface area contributed by atoms with Crippen LogP contribution in [0.4, 0.5) is 5.95 Å². The van der Waals surface area contributed by atoms with E-state index in [-0.39, 0.29) is 18.0 Å². The molecular weight excluding hydrogens is 376 g/mol. The summed E-state index contributed by atoms with van der Waals surface area (Å²) in [7, 11) is 1.64. The summed E-state index contributed by atoms with van der Waals surface area (Å²) in [6, 6.07) is 15.4.